The molecule has 0 amide bonds. The van der Waals surface area contributed by atoms with E-state index in [1.54, 1.807) is 17.8 Å². The van der Waals surface area contributed by atoms with Gasteiger partial charge in [-0.15, -0.1) is 11.8 Å². The van der Waals surface area contributed by atoms with Crippen LogP contribution in [0, 0.1) is 16.0 Å². The predicted molar refractivity (Wildman–Crippen MR) is 77.4 cm³/mol. The average molecular weight is 268 g/mol. The Labute approximate surface area is 112 Å². The van der Waals surface area contributed by atoms with Crippen LogP contribution in [0.15, 0.2) is 23.1 Å². The second-order valence-electron chi connectivity index (χ2n) is 4.26. The zero-order valence-corrected chi connectivity index (χ0v) is 11.9. The summed E-state index contributed by atoms with van der Waals surface area (Å²) in [6, 6.07) is 5.45. The summed E-state index contributed by atoms with van der Waals surface area (Å²) in [6.07, 6.45) is 1.09. The topological polar surface area (TPSA) is 55.2 Å². The van der Waals surface area contributed by atoms with Gasteiger partial charge in [-0.05, 0) is 25.0 Å². The van der Waals surface area contributed by atoms with Crippen LogP contribution < -0.4 is 5.32 Å². The Balaban J connectivity index is 2.95. The monoisotopic (exact) mass is 268 g/mol. The standard InChI is InChI=1S/C13H20N2O2S/c1-4-10(3)9-18-12-8-6-7-11(14-5-2)13(12)15(16)17/h6-8,10,14H,4-5,9H2,1-3H3. The van der Waals surface area contributed by atoms with Crippen molar-refractivity contribution < 1.29 is 4.92 Å². The van der Waals surface area contributed by atoms with E-state index in [1.807, 2.05) is 19.1 Å². The zero-order valence-electron chi connectivity index (χ0n) is 11.1. The number of para-hydroxylation sites is 1. The Morgan fingerprint density at radius 2 is 2.17 bits per heavy atom. The zero-order chi connectivity index (χ0) is 13.5. The molecule has 0 fully saturated rings. The molecule has 0 bridgehead atoms. The first kappa shape index (κ1) is 14.8. The minimum atomic E-state index is -0.295. The minimum absolute atomic E-state index is 0.202. The summed E-state index contributed by atoms with van der Waals surface area (Å²) in [5.74, 6) is 1.48. The Hall–Kier alpha value is -1.23. The molecule has 100 valence electrons. The number of hydrogen-bond acceptors (Lipinski definition) is 4. The van der Waals surface area contributed by atoms with E-state index in [9.17, 15) is 10.1 Å². The molecule has 5 heteroatoms. The first-order chi connectivity index (χ1) is 8.60. The number of nitrogens with one attached hydrogen (secondary N) is 1. The van der Waals surface area contributed by atoms with Crippen molar-refractivity contribution >= 4 is 23.1 Å². The van der Waals surface area contributed by atoms with Crippen molar-refractivity contribution in [2.75, 3.05) is 17.6 Å². The average Bonchev–Trinajstić information content (AvgIpc) is 2.36. The van der Waals surface area contributed by atoms with E-state index in [0.29, 0.717) is 18.2 Å². The highest BCUT2D eigenvalue weighted by Crippen LogP contribution is 2.36. The van der Waals surface area contributed by atoms with Crippen LogP contribution in [0.3, 0.4) is 0 Å². The number of rotatable bonds is 7. The smallest absolute Gasteiger partial charge is 0.305 e. The van der Waals surface area contributed by atoms with Gasteiger partial charge < -0.3 is 5.32 Å². The molecule has 0 aliphatic carbocycles. The van der Waals surface area contributed by atoms with Gasteiger partial charge in [-0.3, -0.25) is 10.1 Å². The number of hydrogen-bond donors (Lipinski definition) is 1. The van der Waals surface area contributed by atoms with Crippen molar-refractivity contribution in [1.82, 2.24) is 0 Å². The molecule has 1 atom stereocenters. The second-order valence-corrected chi connectivity index (χ2v) is 5.33. The lowest BCUT2D eigenvalue weighted by molar-refractivity contribution is -0.386. The summed E-state index contributed by atoms with van der Waals surface area (Å²) in [7, 11) is 0. The third-order valence-corrected chi connectivity index (χ3v) is 4.15. The number of nitro benzene ring substituents is 1. The van der Waals surface area contributed by atoms with E-state index in [-0.39, 0.29) is 10.6 Å². The molecule has 1 N–H and O–H groups in total. The number of nitrogens with zero attached hydrogens (tertiary/aromatic N) is 1. The summed E-state index contributed by atoms with van der Waals surface area (Å²) in [4.78, 5) is 11.6. The van der Waals surface area contributed by atoms with E-state index in [4.69, 9.17) is 0 Å². The van der Waals surface area contributed by atoms with Gasteiger partial charge in [0.15, 0.2) is 0 Å². The molecular formula is C13H20N2O2S. The third-order valence-electron chi connectivity index (χ3n) is 2.77. The second kappa shape index (κ2) is 7.26. The summed E-state index contributed by atoms with van der Waals surface area (Å²) >= 11 is 1.57. The molecule has 1 aromatic carbocycles. The maximum Gasteiger partial charge on any atom is 0.305 e. The van der Waals surface area contributed by atoms with Crippen molar-refractivity contribution in [3.05, 3.63) is 28.3 Å². The van der Waals surface area contributed by atoms with Gasteiger partial charge in [-0.2, -0.15) is 0 Å². The Bertz CT molecular complexity index is 410. The lowest BCUT2D eigenvalue weighted by Crippen LogP contribution is -2.03. The summed E-state index contributed by atoms with van der Waals surface area (Å²) in [5.41, 5.74) is 0.810. The van der Waals surface area contributed by atoms with Gasteiger partial charge in [0.1, 0.15) is 5.69 Å². The van der Waals surface area contributed by atoms with Crippen LogP contribution in [0.1, 0.15) is 27.2 Å². The Morgan fingerprint density at radius 1 is 1.44 bits per heavy atom. The number of nitro groups is 1. The Kier molecular flexibility index (Phi) is 5.98. The highest BCUT2D eigenvalue weighted by Gasteiger charge is 2.19. The van der Waals surface area contributed by atoms with Gasteiger partial charge in [-0.25, -0.2) is 0 Å². The van der Waals surface area contributed by atoms with Crippen molar-refractivity contribution in [3.63, 3.8) is 0 Å². The van der Waals surface area contributed by atoms with Crippen LogP contribution in [0.4, 0.5) is 11.4 Å². The molecule has 18 heavy (non-hydrogen) atoms. The fourth-order valence-electron chi connectivity index (χ4n) is 1.51. The van der Waals surface area contributed by atoms with E-state index in [2.05, 4.69) is 19.2 Å². The van der Waals surface area contributed by atoms with Crippen molar-refractivity contribution in [2.24, 2.45) is 5.92 Å². The molecule has 1 aromatic rings. The van der Waals surface area contributed by atoms with Crippen LogP contribution in [0.2, 0.25) is 0 Å². The molecule has 4 nitrogen and oxygen atoms in total. The van der Waals surface area contributed by atoms with Crippen molar-refractivity contribution in [2.45, 2.75) is 32.1 Å². The van der Waals surface area contributed by atoms with Gasteiger partial charge in [0.2, 0.25) is 0 Å². The number of anilines is 1. The molecule has 0 heterocycles. The lowest BCUT2D eigenvalue weighted by Gasteiger charge is -2.10. The van der Waals surface area contributed by atoms with Gasteiger partial charge in [0.25, 0.3) is 0 Å². The molecule has 1 unspecified atom stereocenters. The first-order valence-electron chi connectivity index (χ1n) is 6.24. The maximum absolute atomic E-state index is 11.2. The normalized spacial score (nSPS) is 12.2. The highest BCUT2D eigenvalue weighted by atomic mass is 32.2. The van der Waals surface area contributed by atoms with E-state index < -0.39 is 0 Å². The van der Waals surface area contributed by atoms with E-state index in [1.165, 1.54) is 0 Å². The quantitative estimate of drug-likeness (QED) is 0.458. The third kappa shape index (κ3) is 3.91. The maximum atomic E-state index is 11.2. The Morgan fingerprint density at radius 3 is 2.72 bits per heavy atom. The summed E-state index contributed by atoms with van der Waals surface area (Å²) < 4.78 is 0. The summed E-state index contributed by atoms with van der Waals surface area (Å²) in [5, 5.41) is 14.2. The van der Waals surface area contributed by atoms with Crippen LogP contribution >= 0.6 is 11.8 Å². The van der Waals surface area contributed by atoms with Crippen LogP contribution in [0.5, 0.6) is 0 Å². The van der Waals surface area contributed by atoms with Gasteiger partial charge in [0.05, 0.1) is 9.82 Å². The fourth-order valence-corrected chi connectivity index (χ4v) is 2.71. The van der Waals surface area contributed by atoms with Gasteiger partial charge >= 0.3 is 5.69 Å². The summed E-state index contributed by atoms with van der Waals surface area (Å²) in [6.45, 7) is 6.91. The molecule has 1 rings (SSSR count). The fraction of sp³-hybridized carbons (Fsp3) is 0.538. The van der Waals surface area contributed by atoms with Crippen LogP contribution in [0.25, 0.3) is 0 Å². The van der Waals surface area contributed by atoms with E-state index >= 15 is 0 Å². The number of thioether (sulfide) groups is 1. The largest absolute Gasteiger partial charge is 0.380 e. The SMILES string of the molecule is CCNc1cccc(SCC(C)CC)c1[N+](=O)[O-]. The molecule has 0 aliphatic rings. The molecule has 0 saturated carbocycles. The number of benzene rings is 1. The minimum Gasteiger partial charge on any atom is -0.380 e. The van der Waals surface area contributed by atoms with Crippen molar-refractivity contribution in [1.29, 1.82) is 0 Å². The van der Waals surface area contributed by atoms with Gasteiger partial charge in [-0.1, -0.05) is 26.3 Å². The van der Waals surface area contributed by atoms with Crippen molar-refractivity contribution in [3.8, 4) is 0 Å². The molecule has 0 aromatic heterocycles. The molecule has 0 radical (unpaired) electrons. The molecule has 0 saturated heterocycles. The molecular weight excluding hydrogens is 248 g/mol. The lowest BCUT2D eigenvalue weighted by atomic mass is 10.2. The van der Waals surface area contributed by atoms with Gasteiger partial charge in [0, 0.05) is 12.3 Å². The van der Waals surface area contributed by atoms with E-state index in [0.717, 1.165) is 17.1 Å². The molecule has 0 spiro atoms. The van der Waals surface area contributed by atoms with Crippen LogP contribution in [-0.4, -0.2) is 17.2 Å². The van der Waals surface area contributed by atoms with Crippen LogP contribution in [-0.2, 0) is 0 Å². The highest BCUT2D eigenvalue weighted by molar-refractivity contribution is 7.99. The molecule has 0 aliphatic heterocycles. The predicted octanol–water partition coefficient (Wildman–Crippen LogP) is 4.16. The first-order valence-corrected chi connectivity index (χ1v) is 7.22.